The zero-order valence-electron chi connectivity index (χ0n) is 14.8. The van der Waals surface area contributed by atoms with E-state index in [4.69, 9.17) is 4.55 Å². The molecule has 32 heavy (non-hydrogen) atoms. The first kappa shape index (κ1) is 26.4. The van der Waals surface area contributed by atoms with Crippen molar-refractivity contribution in [1.29, 1.82) is 0 Å². The SMILES string of the molecule is O=S(=O)(O)c1ccc(S(=O)(=O)NS(=O)(=O)C(F)(F)C(F)(F)Sc2cc(F)ccc2F)cc1. The third-order valence-electron chi connectivity index (χ3n) is 3.46. The molecule has 2 aromatic carbocycles. The van der Waals surface area contributed by atoms with Crippen molar-refractivity contribution in [3.63, 3.8) is 0 Å². The number of sulfonamides is 2. The van der Waals surface area contributed by atoms with Gasteiger partial charge in [-0.05, 0) is 54.2 Å². The molecule has 0 saturated heterocycles. The Hall–Kier alpha value is -1.86. The summed E-state index contributed by atoms with van der Waals surface area (Å²) in [5.41, 5.74) is 0. The molecule has 0 fully saturated rings. The molecule has 178 valence electrons. The summed E-state index contributed by atoms with van der Waals surface area (Å²) in [6.45, 7) is 0. The number of hydrogen-bond acceptors (Lipinski definition) is 7. The van der Waals surface area contributed by atoms with Crippen molar-refractivity contribution in [3.8, 4) is 0 Å². The highest BCUT2D eigenvalue weighted by Gasteiger charge is 2.67. The molecule has 0 aliphatic rings. The quantitative estimate of drug-likeness (QED) is 0.294. The highest BCUT2D eigenvalue weighted by Crippen LogP contribution is 2.50. The van der Waals surface area contributed by atoms with Crippen LogP contribution in [0.25, 0.3) is 0 Å². The molecule has 0 unspecified atom stereocenters. The minimum absolute atomic E-state index is 0.0948. The first-order valence-corrected chi connectivity index (χ1v) is 12.8. The zero-order valence-corrected chi connectivity index (χ0v) is 18.1. The van der Waals surface area contributed by atoms with Gasteiger partial charge in [0, 0.05) is 0 Å². The van der Waals surface area contributed by atoms with Gasteiger partial charge >= 0.3 is 10.5 Å². The van der Waals surface area contributed by atoms with Gasteiger partial charge in [0.2, 0.25) is 0 Å². The Kier molecular flexibility index (Phi) is 7.00. The molecule has 0 aliphatic carbocycles. The molecule has 18 heteroatoms. The van der Waals surface area contributed by atoms with Gasteiger partial charge in [0.15, 0.2) is 0 Å². The monoisotopic (exact) mass is 545 g/mol. The van der Waals surface area contributed by atoms with E-state index in [1.54, 1.807) is 0 Å². The van der Waals surface area contributed by atoms with Crippen LogP contribution >= 0.6 is 11.8 Å². The van der Waals surface area contributed by atoms with E-state index in [0.717, 1.165) is 0 Å². The molecule has 0 radical (unpaired) electrons. The average molecular weight is 545 g/mol. The lowest BCUT2D eigenvalue weighted by atomic mass is 10.3. The number of nitrogens with one attached hydrogen (secondary N) is 1. The predicted octanol–water partition coefficient (Wildman–Crippen LogP) is 2.80. The van der Waals surface area contributed by atoms with Crippen molar-refractivity contribution in [1.82, 2.24) is 4.13 Å². The lowest BCUT2D eigenvalue weighted by Gasteiger charge is -2.25. The van der Waals surface area contributed by atoms with E-state index in [-0.39, 0.29) is 6.07 Å². The van der Waals surface area contributed by atoms with E-state index in [2.05, 4.69) is 0 Å². The molecular weight excluding hydrogens is 536 g/mol. The van der Waals surface area contributed by atoms with Gasteiger partial charge in [0.25, 0.3) is 30.2 Å². The Morgan fingerprint density at radius 3 is 1.81 bits per heavy atom. The van der Waals surface area contributed by atoms with Gasteiger partial charge in [-0.3, -0.25) is 4.55 Å². The number of alkyl halides is 4. The van der Waals surface area contributed by atoms with Crippen molar-refractivity contribution in [2.24, 2.45) is 0 Å². The second-order valence-corrected chi connectivity index (χ2v) is 12.0. The molecule has 2 aromatic rings. The van der Waals surface area contributed by atoms with Crippen LogP contribution in [0.15, 0.2) is 57.2 Å². The Labute approximate surface area is 181 Å². The first-order chi connectivity index (χ1) is 14.3. The summed E-state index contributed by atoms with van der Waals surface area (Å²) in [6.07, 6.45) is 0. The average Bonchev–Trinajstić information content (AvgIpc) is 2.63. The highest BCUT2D eigenvalue weighted by atomic mass is 32.3. The van der Waals surface area contributed by atoms with E-state index in [1.807, 2.05) is 0 Å². The zero-order chi connectivity index (χ0) is 24.8. The van der Waals surface area contributed by atoms with Crippen LogP contribution in [0.1, 0.15) is 0 Å². The Morgan fingerprint density at radius 1 is 0.812 bits per heavy atom. The smallest absolute Gasteiger partial charge is 0.282 e. The van der Waals surface area contributed by atoms with Crippen molar-refractivity contribution >= 4 is 41.9 Å². The Balaban J connectivity index is 2.38. The second-order valence-electron chi connectivity index (χ2n) is 5.75. The minimum atomic E-state index is -6.73. The van der Waals surface area contributed by atoms with Gasteiger partial charge in [-0.2, -0.15) is 26.0 Å². The Bertz CT molecular complexity index is 1340. The molecule has 0 aromatic heterocycles. The summed E-state index contributed by atoms with van der Waals surface area (Å²) >= 11 is -1.36. The number of hydrogen-bond donors (Lipinski definition) is 2. The third kappa shape index (κ3) is 5.37. The maximum absolute atomic E-state index is 14.1. The van der Waals surface area contributed by atoms with Crippen LogP contribution in [0.3, 0.4) is 0 Å². The van der Waals surface area contributed by atoms with E-state index >= 15 is 0 Å². The fraction of sp³-hybridized carbons (Fsp3) is 0.143. The van der Waals surface area contributed by atoms with E-state index in [1.165, 1.54) is 0 Å². The van der Waals surface area contributed by atoms with Crippen LogP contribution in [-0.4, -0.2) is 40.3 Å². The van der Waals surface area contributed by atoms with Crippen molar-refractivity contribution < 1.29 is 56.1 Å². The summed E-state index contributed by atoms with van der Waals surface area (Å²) < 4.78 is 162. The standard InChI is InChI=1S/C14H9F6NO7S4/c15-8-1-6-11(16)12(7-8)29-13(17,18)14(19,20)32(27,28)21-30(22,23)9-2-4-10(5-3-9)31(24,25)26/h1-7,21H,(H,24,25,26). The topological polar surface area (TPSA) is 135 Å². The molecular formula is C14H9F6NO7S4. The molecule has 0 bridgehead atoms. The molecule has 0 atom stereocenters. The lowest BCUT2D eigenvalue weighted by Crippen LogP contribution is -2.51. The van der Waals surface area contributed by atoms with E-state index in [0.29, 0.717) is 40.5 Å². The molecule has 0 saturated carbocycles. The fourth-order valence-corrected chi connectivity index (χ4v) is 6.38. The van der Waals surface area contributed by atoms with E-state index < -0.39 is 78.8 Å². The summed E-state index contributed by atoms with van der Waals surface area (Å²) in [6, 6.07) is 2.59. The molecule has 2 rings (SSSR count). The number of rotatable bonds is 8. The molecule has 0 spiro atoms. The van der Waals surface area contributed by atoms with Gasteiger partial charge < -0.3 is 0 Å². The largest absolute Gasteiger partial charge is 0.431 e. The highest BCUT2D eigenvalue weighted by molar-refractivity contribution is 8.06. The fourth-order valence-electron chi connectivity index (χ4n) is 1.94. The summed E-state index contributed by atoms with van der Waals surface area (Å²) in [5, 5.41) is -11.8. The Morgan fingerprint density at radius 2 is 1.31 bits per heavy atom. The number of thioether (sulfide) groups is 1. The van der Waals surface area contributed by atoms with Gasteiger partial charge in [-0.25, -0.2) is 25.6 Å². The molecule has 0 aliphatic heterocycles. The first-order valence-electron chi connectivity index (χ1n) is 7.55. The third-order valence-corrected chi connectivity index (χ3v) is 9.08. The molecule has 2 N–H and O–H groups in total. The maximum atomic E-state index is 14.1. The summed E-state index contributed by atoms with van der Waals surface area (Å²) in [4.78, 5) is -3.37. The van der Waals surface area contributed by atoms with Crippen LogP contribution in [-0.2, 0) is 30.2 Å². The van der Waals surface area contributed by atoms with Crippen molar-refractivity contribution in [2.75, 3.05) is 0 Å². The molecule has 8 nitrogen and oxygen atoms in total. The van der Waals surface area contributed by atoms with Gasteiger partial charge in [0.1, 0.15) is 11.6 Å². The predicted molar refractivity (Wildman–Crippen MR) is 97.6 cm³/mol. The van der Waals surface area contributed by atoms with Gasteiger partial charge in [0.05, 0.1) is 14.7 Å². The number of halogens is 6. The van der Waals surface area contributed by atoms with Crippen LogP contribution in [0.2, 0.25) is 0 Å². The van der Waals surface area contributed by atoms with E-state index in [9.17, 15) is 51.6 Å². The molecule has 0 heterocycles. The van der Waals surface area contributed by atoms with Crippen LogP contribution in [0, 0.1) is 11.6 Å². The summed E-state index contributed by atoms with van der Waals surface area (Å²) in [7, 11) is -17.0. The van der Waals surface area contributed by atoms with Crippen LogP contribution in [0.5, 0.6) is 0 Å². The van der Waals surface area contributed by atoms with Crippen LogP contribution in [0.4, 0.5) is 26.3 Å². The van der Waals surface area contributed by atoms with Crippen molar-refractivity contribution in [3.05, 3.63) is 54.1 Å². The summed E-state index contributed by atoms with van der Waals surface area (Å²) in [5.74, 6) is -2.88. The van der Waals surface area contributed by atoms with Crippen LogP contribution < -0.4 is 4.13 Å². The second kappa shape index (κ2) is 8.49. The minimum Gasteiger partial charge on any atom is -0.282 e. The lowest BCUT2D eigenvalue weighted by molar-refractivity contribution is -0.0905. The van der Waals surface area contributed by atoms with Gasteiger partial charge in [-0.1, -0.05) is 4.13 Å². The normalized spacial score (nSPS) is 13.8. The maximum Gasteiger partial charge on any atom is 0.431 e. The number of benzene rings is 2. The van der Waals surface area contributed by atoms with Crippen molar-refractivity contribution in [2.45, 2.75) is 25.2 Å². The van der Waals surface area contributed by atoms with Gasteiger partial charge in [-0.15, -0.1) is 0 Å². The molecule has 0 amide bonds.